The van der Waals surface area contributed by atoms with E-state index in [1.165, 1.54) is 16.9 Å². The van der Waals surface area contributed by atoms with Crippen molar-refractivity contribution in [1.29, 1.82) is 0 Å². The first-order valence-corrected chi connectivity index (χ1v) is 16.2. The van der Waals surface area contributed by atoms with Gasteiger partial charge < -0.3 is 24.4 Å². The second-order valence-corrected chi connectivity index (χ2v) is 12.3. The molecule has 15 heteroatoms. The fourth-order valence-electron chi connectivity index (χ4n) is 5.91. The number of ether oxygens (including phenoxy) is 3. The fraction of sp³-hybridized carbons (Fsp3) is 0.406. The lowest BCUT2D eigenvalue weighted by Gasteiger charge is -2.46. The van der Waals surface area contributed by atoms with E-state index in [0.29, 0.717) is 37.0 Å². The Kier molecular flexibility index (Phi) is 9.66. The summed E-state index contributed by atoms with van der Waals surface area (Å²) >= 11 is 1.61. The van der Waals surface area contributed by atoms with Crippen molar-refractivity contribution in [1.82, 2.24) is 19.8 Å². The number of carbonyl (C=O) groups is 2. The SMILES string of the molecule is CC(N1CN([C@H]2c3ccccc3CSc3ccccc32)n2ccc(=O)c(OCOC(=O)NCCN3CCOCC3)c2C1=O)C(F)(F)F. The number of fused-ring (bicyclic) bond motifs is 3. The molecule has 1 saturated heterocycles. The summed E-state index contributed by atoms with van der Waals surface area (Å²) in [6.45, 7) is 3.32. The first-order chi connectivity index (χ1) is 22.6. The summed E-state index contributed by atoms with van der Waals surface area (Å²) in [5.41, 5.74) is 1.52. The molecule has 6 rings (SSSR count). The van der Waals surface area contributed by atoms with Gasteiger partial charge >= 0.3 is 12.3 Å². The van der Waals surface area contributed by atoms with Gasteiger partial charge in [-0.15, -0.1) is 11.8 Å². The van der Waals surface area contributed by atoms with Crippen molar-refractivity contribution in [2.24, 2.45) is 0 Å². The molecule has 3 aromatic rings. The Hall–Kier alpha value is -4.21. The molecule has 47 heavy (non-hydrogen) atoms. The summed E-state index contributed by atoms with van der Waals surface area (Å²) in [7, 11) is 0. The van der Waals surface area contributed by atoms with E-state index < -0.39 is 60.6 Å². The molecule has 0 saturated carbocycles. The molecule has 3 aliphatic heterocycles. The maximum atomic E-state index is 14.2. The quantitative estimate of drug-likeness (QED) is 0.356. The number of alkyl halides is 3. The molecule has 4 heterocycles. The van der Waals surface area contributed by atoms with Crippen molar-refractivity contribution in [3.8, 4) is 5.75 Å². The van der Waals surface area contributed by atoms with Gasteiger partial charge in [-0.2, -0.15) is 13.2 Å². The highest BCUT2D eigenvalue weighted by Gasteiger charge is 2.48. The van der Waals surface area contributed by atoms with Crippen LogP contribution in [-0.2, 0) is 15.2 Å². The number of pyridine rings is 1. The van der Waals surface area contributed by atoms with Gasteiger partial charge in [0, 0.05) is 49.1 Å². The van der Waals surface area contributed by atoms with E-state index in [1.54, 1.807) is 16.8 Å². The maximum absolute atomic E-state index is 14.2. The molecule has 2 amide bonds. The normalized spacial score (nSPS) is 18.8. The molecular weight excluding hydrogens is 639 g/mol. The molecule has 0 aliphatic carbocycles. The van der Waals surface area contributed by atoms with E-state index in [1.807, 2.05) is 48.5 Å². The largest absolute Gasteiger partial charge is 0.451 e. The number of benzene rings is 2. The van der Waals surface area contributed by atoms with Gasteiger partial charge in [0.25, 0.3) is 5.91 Å². The highest BCUT2D eigenvalue weighted by atomic mass is 32.2. The number of carbonyl (C=O) groups excluding carboxylic acids is 2. The highest BCUT2D eigenvalue weighted by Crippen LogP contribution is 2.43. The van der Waals surface area contributed by atoms with Gasteiger partial charge in [0.05, 0.1) is 19.3 Å². The van der Waals surface area contributed by atoms with Crippen LogP contribution < -0.4 is 20.5 Å². The molecule has 3 aliphatic rings. The molecule has 0 bridgehead atoms. The van der Waals surface area contributed by atoms with Gasteiger partial charge in [-0.1, -0.05) is 42.5 Å². The number of rotatable bonds is 8. The average Bonchev–Trinajstić information content (AvgIpc) is 3.23. The Morgan fingerprint density at radius 2 is 1.79 bits per heavy atom. The topological polar surface area (TPSA) is 106 Å². The second-order valence-electron chi connectivity index (χ2n) is 11.3. The standard InChI is InChI=1S/C32H34F3N5O6S/c1-21(32(33,34)35)38-19-40(27-23-7-3-2-6-22(23)18-47-26-9-5-4-8-24(26)27)39-12-10-25(41)29(28(39)30(38)42)45-20-46-31(43)36-11-13-37-14-16-44-17-15-37/h2-10,12,21,27H,11,13-20H2,1H3,(H,36,43)/t21?,27-/m0/s1. The first-order valence-electron chi connectivity index (χ1n) is 15.2. The van der Waals surface area contributed by atoms with Crippen LogP contribution >= 0.6 is 11.8 Å². The van der Waals surface area contributed by atoms with Crippen LogP contribution in [0.2, 0.25) is 0 Å². The Morgan fingerprint density at radius 1 is 1.06 bits per heavy atom. The zero-order valence-corrected chi connectivity index (χ0v) is 26.4. The predicted octanol–water partition coefficient (Wildman–Crippen LogP) is 3.94. The van der Waals surface area contributed by atoms with Crippen molar-refractivity contribution in [2.45, 2.75) is 35.8 Å². The van der Waals surface area contributed by atoms with Crippen LogP contribution in [0.25, 0.3) is 0 Å². The lowest BCUT2D eigenvalue weighted by molar-refractivity contribution is -0.173. The van der Waals surface area contributed by atoms with Crippen LogP contribution in [0.5, 0.6) is 5.75 Å². The average molecular weight is 674 g/mol. The van der Waals surface area contributed by atoms with Crippen molar-refractivity contribution in [3.63, 3.8) is 0 Å². The van der Waals surface area contributed by atoms with E-state index in [2.05, 4.69) is 10.2 Å². The van der Waals surface area contributed by atoms with E-state index >= 15 is 0 Å². The lowest BCUT2D eigenvalue weighted by atomic mass is 9.94. The number of nitrogens with zero attached hydrogens (tertiary/aromatic N) is 4. The predicted molar refractivity (Wildman–Crippen MR) is 167 cm³/mol. The fourth-order valence-corrected chi connectivity index (χ4v) is 7.01. The summed E-state index contributed by atoms with van der Waals surface area (Å²) in [5, 5.41) is 4.23. The van der Waals surface area contributed by atoms with E-state index in [9.17, 15) is 27.6 Å². The third kappa shape index (κ3) is 6.92. The molecule has 2 aromatic carbocycles. The second kappa shape index (κ2) is 13.9. The van der Waals surface area contributed by atoms with Crippen molar-refractivity contribution < 1.29 is 37.0 Å². The monoisotopic (exact) mass is 673 g/mol. The first kappa shape index (κ1) is 32.7. The molecule has 0 spiro atoms. The molecule has 1 aromatic heterocycles. The third-order valence-corrected chi connectivity index (χ3v) is 9.59. The Bertz CT molecular complexity index is 1630. The summed E-state index contributed by atoms with van der Waals surface area (Å²) in [5.74, 6) is -0.929. The zero-order valence-electron chi connectivity index (χ0n) is 25.6. The van der Waals surface area contributed by atoms with Gasteiger partial charge in [-0.05, 0) is 29.7 Å². The Morgan fingerprint density at radius 3 is 2.55 bits per heavy atom. The van der Waals surface area contributed by atoms with Gasteiger partial charge in [-0.3, -0.25) is 24.2 Å². The van der Waals surface area contributed by atoms with Gasteiger partial charge in [-0.25, -0.2) is 4.79 Å². The van der Waals surface area contributed by atoms with E-state index in [0.717, 1.165) is 41.6 Å². The number of morpholine rings is 1. The van der Waals surface area contributed by atoms with Crippen molar-refractivity contribution in [3.05, 3.63) is 93.4 Å². The number of thioether (sulfide) groups is 1. The summed E-state index contributed by atoms with van der Waals surface area (Å²) in [4.78, 5) is 43.1. The number of halogens is 3. The summed E-state index contributed by atoms with van der Waals surface area (Å²) in [6.07, 6.45) is -4.20. The molecule has 250 valence electrons. The maximum Gasteiger partial charge on any atom is 0.410 e. The minimum atomic E-state index is -4.75. The number of hydrogen-bond acceptors (Lipinski definition) is 9. The van der Waals surface area contributed by atoms with E-state index in [-0.39, 0.29) is 0 Å². The molecule has 11 nitrogen and oxygen atoms in total. The summed E-state index contributed by atoms with van der Waals surface area (Å²) in [6, 6.07) is 13.6. The zero-order chi connectivity index (χ0) is 33.1. The van der Waals surface area contributed by atoms with E-state index in [4.69, 9.17) is 14.2 Å². The molecular formula is C32H34F3N5O6S. The van der Waals surface area contributed by atoms with Gasteiger partial charge in [0.15, 0.2) is 5.69 Å². The van der Waals surface area contributed by atoms with Crippen LogP contribution in [-0.4, -0.2) is 91.5 Å². The number of alkyl carbamates (subject to hydrolysis) is 1. The van der Waals surface area contributed by atoms with Gasteiger partial charge in [0.2, 0.25) is 18.0 Å². The molecule has 0 radical (unpaired) electrons. The van der Waals surface area contributed by atoms with Crippen molar-refractivity contribution in [2.75, 3.05) is 57.9 Å². The van der Waals surface area contributed by atoms with Crippen LogP contribution in [0.3, 0.4) is 0 Å². The number of amides is 2. The smallest absolute Gasteiger partial charge is 0.410 e. The van der Waals surface area contributed by atoms with Crippen LogP contribution in [0, 0.1) is 0 Å². The molecule has 1 N–H and O–H groups in total. The molecule has 2 atom stereocenters. The summed E-state index contributed by atoms with van der Waals surface area (Å²) < 4.78 is 60.0. The minimum absolute atomic E-state index is 0.294. The molecule has 1 fully saturated rings. The number of hydrogen-bond donors (Lipinski definition) is 1. The number of aromatic nitrogens is 1. The highest BCUT2D eigenvalue weighted by molar-refractivity contribution is 7.98. The van der Waals surface area contributed by atoms with Gasteiger partial charge in [0.1, 0.15) is 12.7 Å². The Balaban J connectivity index is 1.33. The van der Waals surface area contributed by atoms with Crippen LogP contribution in [0.1, 0.15) is 40.1 Å². The molecule has 1 unspecified atom stereocenters. The van der Waals surface area contributed by atoms with Crippen LogP contribution in [0.4, 0.5) is 18.0 Å². The van der Waals surface area contributed by atoms with Crippen LogP contribution in [0.15, 0.2) is 70.5 Å². The van der Waals surface area contributed by atoms with Crippen molar-refractivity contribution >= 4 is 23.8 Å². The third-order valence-electron chi connectivity index (χ3n) is 8.45. The Labute approximate surface area is 273 Å². The lowest BCUT2D eigenvalue weighted by Crippen LogP contribution is -2.60. The number of nitrogens with one attached hydrogen (secondary N) is 1. The minimum Gasteiger partial charge on any atom is -0.451 e.